The summed E-state index contributed by atoms with van der Waals surface area (Å²) in [5, 5.41) is 9.99. The van der Waals surface area contributed by atoms with Crippen molar-refractivity contribution in [1.82, 2.24) is 4.90 Å². The van der Waals surface area contributed by atoms with Gasteiger partial charge in [0.15, 0.2) is 0 Å². The average molecular weight is 275 g/mol. The van der Waals surface area contributed by atoms with Crippen molar-refractivity contribution in [2.75, 3.05) is 59.3 Å². The highest BCUT2D eigenvalue weighted by Gasteiger charge is 2.25. The summed E-state index contributed by atoms with van der Waals surface area (Å²) in [5.74, 6) is 0.206. The molecule has 0 amide bonds. The molecule has 2 atom stereocenters. The third-order valence-corrected chi connectivity index (χ3v) is 3.44. The summed E-state index contributed by atoms with van der Waals surface area (Å²) in [4.78, 5) is 2.30. The smallest absolute Gasteiger partial charge is 0.0624 e. The van der Waals surface area contributed by atoms with Gasteiger partial charge in [-0.3, -0.25) is 4.90 Å². The van der Waals surface area contributed by atoms with Gasteiger partial charge in [-0.2, -0.15) is 0 Å². The number of aliphatic hydroxyl groups excluding tert-OH is 1. The van der Waals surface area contributed by atoms with Gasteiger partial charge >= 0.3 is 0 Å². The van der Waals surface area contributed by atoms with E-state index in [9.17, 15) is 5.11 Å². The molecule has 1 fully saturated rings. The zero-order valence-electron chi connectivity index (χ0n) is 12.3. The van der Waals surface area contributed by atoms with Crippen molar-refractivity contribution in [3.63, 3.8) is 0 Å². The lowest BCUT2D eigenvalue weighted by Crippen LogP contribution is -2.43. The molecule has 0 bridgehead atoms. The van der Waals surface area contributed by atoms with Gasteiger partial charge in [-0.1, -0.05) is 0 Å². The fourth-order valence-electron chi connectivity index (χ4n) is 2.26. The lowest BCUT2D eigenvalue weighted by Gasteiger charge is -2.32. The van der Waals surface area contributed by atoms with E-state index in [0.717, 1.165) is 52.5 Å². The fraction of sp³-hybridized carbons (Fsp3) is 1.00. The molecule has 114 valence electrons. The van der Waals surface area contributed by atoms with Crippen LogP contribution in [0.3, 0.4) is 0 Å². The number of ether oxygens (including phenoxy) is 3. The van der Waals surface area contributed by atoms with E-state index in [0.29, 0.717) is 13.2 Å². The second kappa shape index (κ2) is 10.6. The van der Waals surface area contributed by atoms with Crippen molar-refractivity contribution < 1.29 is 19.3 Å². The van der Waals surface area contributed by atoms with Crippen molar-refractivity contribution in [2.45, 2.75) is 26.4 Å². The Labute approximate surface area is 116 Å². The van der Waals surface area contributed by atoms with Crippen molar-refractivity contribution >= 4 is 0 Å². The SMILES string of the molecule is CCOCCN(CCOCC)CC1COCCC1O. The number of rotatable bonds is 10. The van der Waals surface area contributed by atoms with Gasteiger partial charge in [-0.05, 0) is 20.3 Å². The quantitative estimate of drug-likeness (QED) is 0.597. The lowest BCUT2D eigenvalue weighted by atomic mass is 9.98. The summed E-state index contributed by atoms with van der Waals surface area (Å²) in [6.45, 7) is 10.9. The Morgan fingerprint density at radius 3 is 2.32 bits per heavy atom. The molecule has 0 aromatic carbocycles. The molecule has 19 heavy (non-hydrogen) atoms. The van der Waals surface area contributed by atoms with Gasteiger partial charge in [-0.15, -0.1) is 0 Å². The summed E-state index contributed by atoms with van der Waals surface area (Å²) in [7, 11) is 0. The van der Waals surface area contributed by atoms with Crippen molar-refractivity contribution in [3.05, 3.63) is 0 Å². The third kappa shape index (κ3) is 7.22. The highest BCUT2D eigenvalue weighted by Crippen LogP contribution is 2.16. The van der Waals surface area contributed by atoms with E-state index in [1.54, 1.807) is 0 Å². The van der Waals surface area contributed by atoms with E-state index in [2.05, 4.69) is 4.90 Å². The minimum atomic E-state index is -0.240. The molecule has 1 heterocycles. The third-order valence-electron chi connectivity index (χ3n) is 3.44. The van der Waals surface area contributed by atoms with Gasteiger partial charge in [0, 0.05) is 45.4 Å². The van der Waals surface area contributed by atoms with Crippen LogP contribution in [-0.4, -0.2) is 75.4 Å². The van der Waals surface area contributed by atoms with Crippen molar-refractivity contribution in [2.24, 2.45) is 5.92 Å². The molecule has 0 aromatic heterocycles. The van der Waals surface area contributed by atoms with Crippen LogP contribution in [0.15, 0.2) is 0 Å². The summed E-state index contributed by atoms with van der Waals surface area (Å²) in [5.41, 5.74) is 0. The van der Waals surface area contributed by atoms with Gasteiger partial charge in [0.25, 0.3) is 0 Å². The average Bonchev–Trinajstić information content (AvgIpc) is 2.41. The molecule has 0 aromatic rings. The molecule has 1 aliphatic rings. The van der Waals surface area contributed by atoms with Crippen LogP contribution < -0.4 is 0 Å². The Morgan fingerprint density at radius 2 is 1.79 bits per heavy atom. The summed E-state index contributed by atoms with van der Waals surface area (Å²) < 4.78 is 16.3. The second-order valence-corrected chi connectivity index (χ2v) is 4.89. The molecule has 1 saturated heterocycles. The minimum Gasteiger partial charge on any atom is -0.393 e. The first kappa shape index (κ1) is 16.9. The Hall–Kier alpha value is -0.200. The van der Waals surface area contributed by atoms with Crippen LogP contribution in [0.4, 0.5) is 0 Å². The molecule has 0 spiro atoms. The largest absolute Gasteiger partial charge is 0.393 e. The van der Waals surface area contributed by atoms with Crippen molar-refractivity contribution in [3.8, 4) is 0 Å². The van der Waals surface area contributed by atoms with Gasteiger partial charge in [-0.25, -0.2) is 0 Å². The predicted molar refractivity (Wildman–Crippen MR) is 74.4 cm³/mol. The van der Waals surface area contributed by atoms with E-state index in [1.165, 1.54) is 0 Å². The highest BCUT2D eigenvalue weighted by molar-refractivity contribution is 4.76. The standard InChI is InChI=1S/C14H29NO4/c1-3-17-9-6-15(7-10-18-4-2)11-13-12-19-8-5-14(13)16/h13-14,16H,3-12H2,1-2H3. The molecule has 2 unspecified atom stereocenters. The number of nitrogens with zero attached hydrogens (tertiary/aromatic N) is 1. The van der Waals surface area contributed by atoms with Crippen LogP contribution in [0.25, 0.3) is 0 Å². The van der Waals surface area contributed by atoms with Gasteiger partial charge in [0.05, 0.1) is 25.9 Å². The monoisotopic (exact) mass is 275 g/mol. The number of hydrogen-bond acceptors (Lipinski definition) is 5. The topological polar surface area (TPSA) is 51.2 Å². The first-order valence-electron chi connectivity index (χ1n) is 7.41. The molecule has 0 saturated carbocycles. The molecule has 1 N–H and O–H groups in total. The van der Waals surface area contributed by atoms with E-state index in [-0.39, 0.29) is 12.0 Å². The fourth-order valence-corrected chi connectivity index (χ4v) is 2.26. The van der Waals surface area contributed by atoms with Crippen LogP contribution in [0.1, 0.15) is 20.3 Å². The molecule has 5 nitrogen and oxygen atoms in total. The molecule has 5 heteroatoms. The van der Waals surface area contributed by atoms with E-state index in [1.807, 2.05) is 13.8 Å². The summed E-state index contributed by atoms with van der Waals surface area (Å²) in [6.07, 6.45) is 0.505. The van der Waals surface area contributed by atoms with Crippen molar-refractivity contribution in [1.29, 1.82) is 0 Å². The molecule has 1 aliphatic heterocycles. The Bertz CT molecular complexity index is 206. The molecule has 1 rings (SSSR count). The molecule has 0 radical (unpaired) electrons. The van der Waals surface area contributed by atoms with E-state index in [4.69, 9.17) is 14.2 Å². The number of aliphatic hydroxyl groups is 1. The Balaban J connectivity index is 2.32. The van der Waals surface area contributed by atoms with Gasteiger partial charge in [0.1, 0.15) is 0 Å². The van der Waals surface area contributed by atoms with Gasteiger partial charge < -0.3 is 19.3 Å². The maximum Gasteiger partial charge on any atom is 0.0624 e. The molecular weight excluding hydrogens is 246 g/mol. The van der Waals surface area contributed by atoms with Crippen LogP contribution in [0.5, 0.6) is 0 Å². The van der Waals surface area contributed by atoms with Crippen LogP contribution >= 0.6 is 0 Å². The van der Waals surface area contributed by atoms with Gasteiger partial charge in [0.2, 0.25) is 0 Å². The molecule has 0 aliphatic carbocycles. The number of hydrogen-bond donors (Lipinski definition) is 1. The normalized spacial score (nSPS) is 24.0. The first-order chi connectivity index (χ1) is 9.27. The summed E-state index contributed by atoms with van der Waals surface area (Å²) >= 11 is 0. The van der Waals surface area contributed by atoms with E-state index < -0.39 is 0 Å². The highest BCUT2D eigenvalue weighted by atomic mass is 16.5. The lowest BCUT2D eigenvalue weighted by molar-refractivity contribution is -0.0504. The summed E-state index contributed by atoms with van der Waals surface area (Å²) in [6, 6.07) is 0. The zero-order valence-corrected chi connectivity index (χ0v) is 12.3. The van der Waals surface area contributed by atoms with Crippen LogP contribution in [-0.2, 0) is 14.2 Å². The Morgan fingerprint density at radius 1 is 1.16 bits per heavy atom. The maximum atomic E-state index is 9.99. The maximum absolute atomic E-state index is 9.99. The van der Waals surface area contributed by atoms with Crippen LogP contribution in [0.2, 0.25) is 0 Å². The molecular formula is C14H29NO4. The van der Waals surface area contributed by atoms with Crippen LogP contribution in [0, 0.1) is 5.92 Å². The minimum absolute atomic E-state index is 0.206. The zero-order chi connectivity index (χ0) is 13.9. The first-order valence-corrected chi connectivity index (χ1v) is 7.41. The predicted octanol–water partition coefficient (Wildman–Crippen LogP) is 0.759. The Kier molecular flexibility index (Phi) is 9.38. The second-order valence-electron chi connectivity index (χ2n) is 4.89. The van der Waals surface area contributed by atoms with E-state index >= 15 is 0 Å².